The van der Waals surface area contributed by atoms with E-state index >= 15 is 0 Å². The van der Waals surface area contributed by atoms with E-state index in [0.717, 1.165) is 43.2 Å². The molecule has 30 heavy (non-hydrogen) atoms. The van der Waals surface area contributed by atoms with Crippen LogP contribution in [0.1, 0.15) is 36.3 Å². The number of hydrogen-bond donors (Lipinski definition) is 1. The lowest BCUT2D eigenvalue weighted by molar-refractivity contribution is -0.138. The fourth-order valence-corrected chi connectivity index (χ4v) is 3.95. The molecular formula is C19H24F3N7O. The maximum atomic E-state index is 12.7. The maximum absolute atomic E-state index is 12.7. The van der Waals surface area contributed by atoms with Gasteiger partial charge in [-0.1, -0.05) is 0 Å². The zero-order chi connectivity index (χ0) is 21.5. The van der Waals surface area contributed by atoms with Crippen LogP contribution in [0, 0.1) is 0 Å². The minimum atomic E-state index is -4.44. The number of halogens is 3. The molecule has 2 aromatic heterocycles. The van der Waals surface area contributed by atoms with Crippen molar-refractivity contribution in [2.75, 3.05) is 49.6 Å². The molecular weight excluding hydrogens is 399 g/mol. The van der Waals surface area contributed by atoms with Gasteiger partial charge in [0.25, 0.3) is 5.56 Å². The van der Waals surface area contributed by atoms with E-state index in [0.29, 0.717) is 38.0 Å². The van der Waals surface area contributed by atoms with Crippen LogP contribution < -0.4 is 15.4 Å². The number of alkyl halides is 3. The second-order valence-electron chi connectivity index (χ2n) is 7.74. The Morgan fingerprint density at radius 2 is 1.77 bits per heavy atom. The number of H-pyrrole nitrogens is 1. The first kappa shape index (κ1) is 20.6. The second-order valence-corrected chi connectivity index (χ2v) is 7.74. The molecule has 0 saturated carbocycles. The van der Waals surface area contributed by atoms with Gasteiger partial charge in [0.05, 0.1) is 17.2 Å². The van der Waals surface area contributed by atoms with Crippen LogP contribution in [0.5, 0.6) is 0 Å². The van der Waals surface area contributed by atoms with Crippen LogP contribution in [0.4, 0.5) is 24.9 Å². The summed E-state index contributed by atoms with van der Waals surface area (Å²) in [6, 6.07) is -0.212. The topological polar surface area (TPSA) is 81.2 Å². The molecule has 1 saturated heterocycles. The largest absolute Gasteiger partial charge is 0.419 e. The average molecular weight is 423 g/mol. The van der Waals surface area contributed by atoms with Gasteiger partial charge in [-0.05, 0) is 19.8 Å². The molecule has 0 aliphatic carbocycles. The Hall–Kier alpha value is -2.69. The Morgan fingerprint density at radius 1 is 1.10 bits per heavy atom. The van der Waals surface area contributed by atoms with E-state index in [9.17, 15) is 18.0 Å². The summed E-state index contributed by atoms with van der Waals surface area (Å²) in [5, 5.41) is 0. The predicted molar refractivity (Wildman–Crippen MR) is 106 cm³/mol. The fourth-order valence-electron chi connectivity index (χ4n) is 3.95. The van der Waals surface area contributed by atoms with Gasteiger partial charge in [0.15, 0.2) is 0 Å². The minimum absolute atomic E-state index is 0.0875. The number of hydrogen-bond acceptors (Lipinski definition) is 7. The van der Waals surface area contributed by atoms with Crippen molar-refractivity contribution in [1.82, 2.24) is 24.8 Å². The van der Waals surface area contributed by atoms with Crippen LogP contribution in [0.15, 0.2) is 17.2 Å². The van der Waals surface area contributed by atoms with Crippen molar-refractivity contribution in [2.24, 2.45) is 0 Å². The van der Waals surface area contributed by atoms with Crippen molar-refractivity contribution in [3.63, 3.8) is 0 Å². The van der Waals surface area contributed by atoms with Crippen molar-refractivity contribution in [1.29, 1.82) is 0 Å². The van der Waals surface area contributed by atoms with Gasteiger partial charge < -0.3 is 9.80 Å². The molecule has 1 fully saturated rings. The van der Waals surface area contributed by atoms with Crippen LogP contribution in [0.2, 0.25) is 0 Å². The highest BCUT2D eigenvalue weighted by Crippen LogP contribution is 2.29. The van der Waals surface area contributed by atoms with Crippen molar-refractivity contribution >= 4 is 11.8 Å². The molecule has 0 radical (unpaired) electrons. The first-order chi connectivity index (χ1) is 14.2. The first-order valence-electron chi connectivity index (χ1n) is 9.96. The summed E-state index contributed by atoms with van der Waals surface area (Å²) in [6.07, 6.45) is -1.11. The van der Waals surface area contributed by atoms with Crippen molar-refractivity contribution in [3.8, 4) is 0 Å². The lowest BCUT2D eigenvalue weighted by atomic mass is 10.1. The molecule has 1 N–H and O–H groups in total. The molecule has 1 unspecified atom stereocenters. The molecule has 162 valence electrons. The molecule has 2 aliphatic heterocycles. The van der Waals surface area contributed by atoms with Gasteiger partial charge in [-0.3, -0.25) is 14.7 Å². The zero-order valence-electron chi connectivity index (χ0n) is 16.9. The van der Waals surface area contributed by atoms with E-state index in [1.807, 2.05) is 23.8 Å². The van der Waals surface area contributed by atoms with E-state index < -0.39 is 11.7 Å². The zero-order valence-corrected chi connectivity index (χ0v) is 16.9. The van der Waals surface area contributed by atoms with Gasteiger partial charge in [-0.15, -0.1) is 0 Å². The Labute approximate surface area is 171 Å². The average Bonchev–Trinajstić information content (AvgIpc) is 2.73. The van der Waals surface area contributed by atoms with Crippen LogP contribution >= 0.6 is 0 Å². The predicted octanol–water partition coefficient (Wildman–Crippen LogP) is 1.84. The summed E-state index contributed by atoms with van der Waals surface area (Å²) in [7, 11) is 1.94. The van der Waals surface area contributed by atoms with E-state index in [1.54, 1.807) is 0 Å². The summed E-state index contributed by atoms with van der Waals surface area (Å²) < 4.78 is 38.1. The second kappa shape index (κ2) is 7.86. The highest BCUT2D eigenvalue weighted by molar-refractivity contribution is 5.51. The van der Waals surface area contributed by atoms with E-state index in [4.69, 9.17) is 0 Å². The minimum Gasteiger partial charge on any atom is -0.359 e. The molecule has 0 aromatic carbocycles. The highest BCUT2D eigenvalue weighted by Gasteiger charge is 2.32. The first-order valence-corrected chi connectivity index (χ1v) is 9.96. The monoisotopic (exact) mass is 423 g/mol. The van der Waals surface area contributed by atoms with Crippen molar-refractivity contribution in [2.45, 2.75) is 32.0 Å². The number of nitrogens with zero attached hydrogens (tertiary/aromatic N) is 6. The van der Waals surface area contributed by atoms with Crippen molar-refractivity contribution in [3.05, 3.63) is 39.7 Å². The number of anilines is 2. The third kappa shape index (κ3) is 3.98. The van der Waals surface area contributed by atoms with Gasteiger partial charge in [0.2, 0.25) is 5.95 Å². The molecule has 2 aliphatic rings. The number of fused-ring (bicyclic) bond motifs is 1. The van der Waals surface area contributed by atoms with Crippen LogP contribution in [-0.4, -0.2) is 64.6 Å². The maximum Gasteiger partial charge on any atom is 0.419 e. The molecule has 0 bridgehead atoms. The number of aromatic amines is 1. The smallest absolute Gasteiger partial charge is 0.359 e. The van der Waals surface area contributed by atoms with Gasteiger partial charge in [-0.2, -0.15) is 18.2 Å². The lowest BCUT2D eigenvalue weighted by Crippen LogP contribution is -2.48. The number of rotatable bonds is 3. The van der Waals surface area contributed by atoms with Crippen molar-refractivity contribution < 1.29 is 13.2 Å². The standard InChI is InChI=1S/C19H24F3N7O/c1-12(15-23-10-13(11-24-15)19(20,21)22)28-6-8-29(9-7-28)18-25-16-14(17(30)26-18)4-3-5-27(16)2/h10-12H,3-9H2,1-2H3,(H,25,26,30). The Morgan fingerprint density at radius 3 is 2.40 bits per heavy atom. The molecule has 8 nitrogen and oxygen atoms in total. The van der Waals surface area contributed by atoms with Gasteiger partial charge in [-0.25, -0.2) is 9.97 Å². The quantitative estimate of drug-likeness (QED) is 0.807. The van der Waals surface area contributed by atoms with E-state index in [1.165, 1.54) is 0 Å². The number of nitrogens with one attached hydrogen (secondary N) is 1. The number of piperazine rings is 1. The molecule has 4 heterocycles. The molecule has 4 rings (SSSR count). The Kier molecular flexibility index (Phi) is 5.39. The molecule has 0 amide bonds. The van der Waals surface area contributed by atoms with Crippen LogP contribution in [-0.2, 0) is 12.6 Å². The normalized spacial score (nSPS) is 19.0. The summed E-state index contributed by atoms with van der Waals surface area (Å²) in [6.45, 7) is 5.34. The molecule has 0 spiro atoms. The Bertz CT molecular complexity index is 952. The third-order valence-electron chi connectivity index (χ3n) is 5.80. The van der Waals surface area contributed by atoms with Gasteiger partial charge in [0.1, 0.15) is 11.6 Å². The number of aromatic nitrogens is 4. The SMILES string of the molecule is CC(c1ncc(C(F)(F)F)cn1)N1CCN(c2nc3c(c(=O)[nH]2)CCCN3C)CC1. The third-order valence-corrected chi connectivity index (χ3v) is 5.80. The summed E-state index contributed by atoms with van der Waals surface area (Å²) in [5.74, 6) is 1.66. The summed E-state index contributed by atoms with van der Waals surface area (Å²) >= 11 is 0. The van der Waals surface area contributed by atoms with Crippen LogP contribution in [0.3, 0.4) is 0 Å². The lowest BCUT2D eigenvalue weighted by Gasteiger charge is -2.38. The molecule has 1 atom stereocenters. The fraction of sp³-hybridized carbons (Fsp3) is 0.579. The van der Waals surface area contributed by atoms with E-state index in [2.05, 4.69) is 24.8 Å². The Balaban J connectivity index is 1.43. The molecule has 2 aromatic rings. The van der Waals surface area contributed by atoms with Crippen LogP contribution in [0.25, 0.3) is 0 Å². The van der Waals surface area contributed by atoms with Gasteiger partial charge >= 0.3 is 6.18 Å². The van der Waals surface area contributed by atoms with E-state index in [-0.39, 0.29) is 11.6 Å². The summed E-state index contributed by atoms with van der Waals surface area (Å²) in [4.78, 5) is 34.0. The molecule has 11 heteroatoms. The highest BCUT2D eigenvalue weighted by atomic mass is 19.4. The summed E-state index contributed by atoms with van der Waals surface area (Å²) in [5.41, 5.74) is -0.203. The van der Waals surface area contributed by atoms with Gasteiger partial charge in [0, 0.05) is 52.2 Å².